The first kappa shape index (κ1) is 26.9. The molecule has 212 valence electrons. The quantitative estimate of drug-likeness (QED) is 0.261. The highest BCUT2D eigenvalue weighted by atomic mass is 16.5. The number of aromatic nitrogens is 3. The Labute approximate surface area is 239 Å². The van der Waals surface area contributed by atoms with Gasteiger partial charge >= 0.3 is 0 Å². The van der Waals surface area contributed by atoms with Gasteiger partial charge in [0, 0.05) is 42.0 Å². The van der Waals surface area contributed by atoms with Gasteiger partial charge in [0.15, 0.2) is 0 Å². The summed E-state index contributed by atoms with van der Waals surface area (Å²) < 4.78 is 14.4. The van der Waals surface area contributed by atoms with E-state index in [1.165, 1.54) is 4.57 Å². The van der Waals surface area contributed by atoms with Crippen molar-refractivity contribution in [3.05, 3.63) is 64.8 Å². The molecule has 2 atom stereocenters. The Morgan fingerprint density at radius 2 is 1.68 bits per heavy atom. The fourth-order valence-corrected chi connectivity index (χ4v) is 6.74. The Morgan fingerprint density at radius 1 is 1.00 bits per heavy atom. The van der Waals surface area contributed by atoms with Gasteiger partial charge in [-0.15, -0.1) is 0 Å². The highest BCUT2D eigenvalue weighted by Crippen LogP contribution is 2.66. The first-order chi connectivity index (χ1) is 19.8. The van der Waals surface area contributed by atoms with E-state index in [0.29, 0.717) is 60.1 Å². The second-order valence-corrected chi connectivity index (χ2v) is 10.9. The predicted octanol–water partition coefficient (Wildman–Crippen LogP) is 5.95. The van der Waals surface area contributed by atoms with Gasteiger partial charge in [0.1, 0.15) is 5.60 Å². The summed E-state index contributed by atoms with van der Waals surface area (Å²) in [6.45, 7) is 10.0. The molecule has 0 spiro atoms. The van der Waals surface area contributed by atoms with Crippen molar-refractivity contribution < 1.29 is 19.7 Å². The Kier molecular flexibility index (Phi) is 6.54. The predicted molar refractivity (Wildman–Crippen MR) is 156 cm³/mol. The topological polar surface area (TPSA) is 117 Å². The Bertz CT molecular complexity index is 1690. The van der Waals surface area contributed by atoms with Crippen LogP contribution in [0.2, 0.25) is 0 Å². The van der Waals surface area contributed by atoms with Crippen molar-refractivity contribution in [3.63, 3.8) is 0 Å². The molecule has 2 aliphatic heterocycles. The Balaban J connectivity index is 1.38. The summed E-state index contributed by atoms with van der Waals surface area (Å²) in [5.74, 6) is 1.08. The lowest BCUT2D eigenvalue weighted by atomic mass is 9.76. The summed E-state index contributed by atoms with van der Waals surface area (Å²) in [6, 6.07) is 15.1. The lowest BCUT2D eigenvalue weighted by molar-refractivity contribution is -0.0987. The van der Waals surface area contributed by atoms with Gasteiger partial charge in [-0.1, -0.05) is 31.2 Å². The molecular weight excluding hydrogens is 518 g/mol. The smallest absolute Gasteiger partial charge is 0.228 e. The maximum Gasteiger partial charge on any atom is 0.228 e. The molecule has 1 fully saturated rings. The van der Waals surface area contributed by atoms with E-state index in [4.69, 9.17) is 9.47 Å². The third-order valence-corrected chi connectivity index (χ3v) is 8.81. The number of nitrogens with zero attached hydrogens (tertiary/aromatic N) is 5. The fraction of sp³-hybridized carbons (Fsp3) is 0.406. The number of benzene rings is 2. The third kappa shape index (κ3) is 4.00. The number of hydrogen-bond acceptors (Lipinski definition) is 8. The van der Waals surface area contributed by atoms with Crippen LogP contribution in [-0.2, 0) is 15.9 Å². The highest BCUT2D eigenvalue weighted by Gasteiger charge is 2.62. The minimum absolute atomic E-state index is 0.0213. The maximum atomic E-state index is 11.8. The molecule has 0 unspecified atom stereocenters. The molecule has 2 aromatic carbocycles. The minimum atomic E-state index is -0.801. The number of ether oxygens (including phenoxy) is 2. The van der Waals surface area contributed by atoms with Gasteiger partial charge in [0.25, 0.3) is 0 Å². The van der Waals surface area contributed by atoms with Crippen LogP contribution in [0.15, 0.2) is 42.5 Å². The molecule has 4 aromatic rings. The van der Waals surface area contributed by atoms with Crippen LogP contribution in [0.25, 0.3) is 16.5 Å². The molecule has 0 saturated carbocycles. The second kappa shape index (κ2) is 9.96. The summed E-state index contributed by atoms with van der Waals surface area (Å²) >= 11 is 0. The van der Waals surface area contributed by atoms with Crippen LogP contribution in [0.1, 0.15) is 68.8 Å². The van der Waals surface area contributed by atoms with E-state index in [-0.39, 0.29) is 11.8 Å². The summed E-state index contributed by atoms with van der Waals surface area (Å²) in [5, 5.41) is 34.6. The number of rotatable bonds is 9. The average molecular weight is 554 g/mol. The van der Waals surface area contributed by atoms with E-state index in [2.05, 4.69) is 34.8 Å². The zero-order valence-corrected chi connectivity index (χ0v) is 23.9. The molecule has 41 heavy (non-hydrogen) atoms. The van der Waals surface area contributed by atoms with Crippen LogP contribution in [0.5, 0.6) is 17.6 Å². The average Bonchev–Trinajstić information content (AvgIpc) is 3.59. The molecule has 0 radical (unpaired) electrons. The van der Waals surface area contributed by atoms with E-state index in [1.54, 1.807) is 12.1 Å². The van der Waals surface area contributed by atoms with E-state index in [1.807, 2.05) is 44.2 Å². The van der Waals surface area contributed by atoms with E-state index in [0.717, 1.165) is 36.0 Å². The molecule has 9 heteroatoms. The molecular formula is C32H35N5O4. The molecule has 9 nitrogen and oxygen atoms in total. The lowest BCUT2D eigenvalue weighted by Crippen LogP contribution is -2.26. The van der Waals surface area contributed by atoms with Gasteiger partial charge in [0.05, 0.1) is 40.7 Å². The van der Waals surface area contributed by atoms with Crippen LogP contribution in [-0.4, -0.2) is 44.4 Å². The number of nitriles is 1. The van der Waals surface area contributed by atoms with Crippen LogP contribution in [0, 0.1) is 18.3 Å². The minimum Gasteiger partial charge on any atom is -0.494 e. The zero-order chi connectivity index (χ0) is 28.9. The molecule has 0 aliphatic carbocycles. The maximum absolute atomic E-state index is 11.8. The summed E-state index contributed by atoms with van der Waals surface area (Å²) in [6.07, 6.45) is 2.58. The highest BCUT2D eigenvalue weighted by molar-refractivity contribution is 5.95. The molecule has 6 rings (SSSR count). The normalized spacial score (nSPS) is 20.8. The van der Waals surface area contributed by atoms with Crippen LogP contribution < -0.4 is 9.64 Å². The zero-order valence-electron chi connectivity index (χ0n) is 23.9. The van der Waals surface area contributed by atoms with Gasteiger partial charge in [-0.3, -0.25) is 4.57 Å². The second-order valence-electron chi connectivity index (χ2n) is 10.9. The van der Waals surface area contributed by atoms with Crippen LogP contribution >= 0.6 is 0 Å². The molecule has 2 aliphatic rings. The number of anilines is 1. The Hall–Kier alpha value is -4.29. The molecule has 0 amide bonds. The molecule has 4 heterocycles. The fourth-order valence-electron chi connectivity index (χ4n) is 6.74. The number of fused-ring (bicyclic) bond motifs is 6. The summed E-state index contributed by atoms with van der Waals surface area (Å²) in [7, 11) is 0. The van der Waals surface area contributed by atoms with Gasteiger partial charge < -0.3 is 24.6 Å². The van der Waals surface area contributed by atoms with Crippen molar-refractivity contribution in [1.82, 2.24) is 14.5 Å². The first-order valence-electron chi connectivity index (χ1n) is 14.3. The number of aromatic hydroxyl groups is 2. The molecule has 1 saturated heterocycles. The van der Waals surface area contributed by atoms with Crippen molar-refractivity contribution in [3.8, 4) is 29.4 Å². The van der Waals surface area contributed by atoms with Crippen molar-refractivity contribution in [2.24, 2.45) is 0 Å². The van der Waals surface area contributed by atoms with E-state index >= 15 is 0 Å². The van der Waals surface area contributed by atoms with Gasteiger partial charge in [-0.05, 0) is 52.2 Å². The van der Waals surface area contributed by atoms with Gasteiger partial charge in [-0.2, -0.15) is 10.2 Å². The monoisotopic (exact) mass is 553 g/mol. The Morgan fingerprint density at radius 3 is 2.37 bits per heavy atom. The van der Waals surface area contributed by atoms with Crippen molar-refractivity contribution in [1.29, 1.82) is 5.26 Å². The standard InChI is InChI=1S/C32H35N5O4/c1-5-31-14-15-32(41-31,16-17-40-25-18-20(4)34-30(35-25)36(6-2)7-3)27-26(31)28(38)37(29(27)39)24-13-12-21(19-33)22-10-8-9-11-23(22)24/h8-13,18,38-39H,5-7,14-17H2,1-4H3/t31-,32-/m0/s1. The van der Waals surface area contributed by atoms with Gasteiger partial charge in [-0.25, -0.2) is 4.98 Å². The van der Waals surface area contributed by atoms with Crippen molar-refractivity contribution in [2.45, 2.75) is 64.6 Å². The molecule has 2 N–H and O–H groups in total. The van der Waals surface area contributed by atoms with E-state index < -0.39 is 11.2 Å². The molecule has 2 aromatic heterocycles. The largest absolute Gasteiger partial charge is 0.494 e. The lowest BCUT2D eigenvalue weighted by Gasteiger charge is -2.27. The molecule has 2 bridgehead atoms. The number of hydrogen-bond donors (Lipinski definition) is 2. The first-order valence-corrected chi connectivity index (χ1v) is 14.3. The van der Waals surface area contributed by atoms with E-state index in [9.17, 15) is 15.5 Å². The number of aryl methyl sites for hydroxylation is 1. The SMILES string of the molecule is CCN(CC)c1nc(C)cc(OCC[C@]23CC[C@](CC)(O2)c2c3c(O)n(-c3ccc(C#N)c4ccccc34)c2O)n1. The summed E-state index contributed by atoms with van der Waals surface area (Å²) in [4.78, 5) is 11.3. The summed E-state index contributed by atoms with van der Waals surface area (Å²) in [5.41, 5.74) is 1.77. The van der Waals surface area contributed by atoms with Crippen LogP contribution in [0.3, 0.4) is 0 Å². The third-order valence-electron chi connectivity index (χ3n) is 8.81. The van der Waals surface area contributed by atoms with Crippen molar-refractivity contribution >= 4 is 16.7 Å². The van der Waals surface area contributed by atoms with Gasteiger partial charge in [0.2, 0.25) is 23.6 Å². The van der Waals surface area contributed by atoms with Crippen molar-refractivity contribution in [2.75, 3.05) is 24.6 Å². The van der Waals surface area contributed by atoms with Crippen LogP contribution in [0.4, 0.5) is 5.95 Å².